The molecule has 0 spiro atoms. The van der Waals surface area contributed by atoms with Gasteiger partial charge in [-0.05, 0) is 67.0 Å². The fourth-order valence-corrected chi connectivity index (χ4v) is 8.04. The van der Waals surface area contributed by atoms with Gasteiger partial charge in [0.25, 0.3) is 0 Å². The van der Waals surface area contributed by atoms with Crippen LogP contribution in [0.4, 0.5) is 29.7 Å². The average molecular weight is 819 g/mol. The molecule has 0 radical (unpaired) electrons. The number of benzene rings is 1. The van der Waals surface area contributed by atoms with Gasteiger partial charge in [-0.25, -0.2) is 42.8 Å². The van der Waals surface area contributed by atoms with E-state index in [1.165, 1.54) is 31.1 Å². The molecule has 2 fully saturated rings. The maximum absolute atomic E-state index is 16.4. The number of hydrogen-bond donors (Lipinski definition) is 2. The molecule has 5 aromatic rings. The molecule has 2 N–H and O–H groups in total. The number of fused-ring (bicyclic) bond motifs is 5. The normalized spacial score (nSPS) is 17.2. The predicted octanol–water partition coefficient (Wildman–Crippen LogP) is 6.10. The Balaban J connectivity index is 1.50. The first-order chi connectivity index (χ1) is 27.7. The summed E-state index contributed by atoms with van der Waals surface area (Å²) in [6.45, 7) is 12.2. The van der Waals surface area contributed by atoms with Crippen LogP contribution in [0.3, 0.4) is 0 Å². The molecule has 2 aliphatic rings. The number of aromatic amines is 1. The van der Waals surface area contributed by atoms with E-state index in [0.29, 0.717) is 29.9 Å². The van der Waals surface area contributed by atoms with Gasteiger partial charge >= 0.3 is 18.2 Å². The topological polar surface area (TPSA) is 176 Å². The highest BCUT2D eigenvalue weighted by Crippen LogP contribution is 2.47. The van der Waals surface area contributed by atoms with Gasteiger partial charge in [0.1, 0.15) is 22.4 Å². The van der Waals surface area contributed by atoms with Gasteiger partial charge in [0.05, 0.1) is 46.2 Å². The van der Waals surface area contributed by atoms with E-state index in [0.717, 1.165) is 35.1 Å². The molecule has 59 heavy (non-hydrogen) atoms. The number of rotatable bonds is 8. The van der Waals surface area contributed by atoms with Crippen molar-refractivity contribution in [3.05, 3.63) is 58.1 Å². The van der Waals surface area contributed by atoms with Crippen molar-refractivity contribution >= 4 is 62.5 Å². The predicted molar refractivity (Wildman–Crippen MR) is 218 cm³/mol. The van der Waals surface area contributed by atoms with Crippen LogP contribution in [-0.4, -0.2) is 119 Å². The summed E-state index contributed by atoms with van der Waals surface area (Å²) in [5.41, 5.74) is -1.76. The number of likely N-dealkylation sites (tertiary alicyclic amines) is 1. The average Bonchev–Trinajstić information content (AvgIpc) is 3.84. The van der Waals surface area contributed by atoms with E-state index < -0.39 is 52.0 Å². The fourth-order valence-electron chi connectivity index (χ4n) is 8.04. The van der Waals surface area contributed by atoms with Crippen molar-refractivity contribution in [2.45, 2.75) is 65.2 Å². The summed E-state index contributed by atoms with van der Waals surface area (Å²) in [5.74, 6) is -3.62. The van der Waals surface area contributed by atoms with Gasteiger partial charge in [-0.15, -0.1) is 0 Å². The van der Waals surface area contributed by atoms with Crippen LogP contribution in [0, 0.1) is 17.6 Å². The number of halogens is 2. The van der Waals surface area contributed by atoms with Crippen molar-refractivity contribution in [1.29, 1.82) is 0 Å². The summed E-state index contributed by atoms with van der Waals surface area (Å²) in [6, 6.07) is 2.37. The van der Waals surface area contributed by atoms with Crippen molar-refractivity contribution in [3.8, 4) is 11.1 Å². The standard InChI is InChI=1S/C41H48F2N8O8/c1-40(2,3)58-38(55)48(8)27-15-26(42)31(43)29-30-33(49-11-10-21-18-47(7)20-28(21)49)24(17-44-35(30)46-32(27)29)22-14-23-34(52)25(37(53)54)19-51(36(23)45-16-22)50(12-13-57-9)39(56)59-41(4,5)6/h14-17,19,21,28H,10-13,18,20H2,1-9H3,(H,44,46)(H,53,54)/t21-,28+/m1/s1. The van der Waals surface area contributed by atoms with Crippen molar-refractivity contribution < 1.29 is 42.5 Å². The van der Waals surface area contributed by atoms with Crippen LogP contribution in [0.25, 0.3) is 44.1 Å². The van der Waals surface area contributed by atoms with Crippen LogP contribution < -0.4 is 20.2 Å². The van der Waals surface area contributed by atoms with Crippen molar-refractivity contribution in [2.24, 2.45) is 5.92 Å². The van der Waals surface area contributed by atoms with Crippen molar-refractivity contribution in [1.82, 2.24) is 24.5 Å². The molecule has 0 aliphatic carbocycles. The zero-order valence-corrected chi connectivity index (χ0v) is 34.5. The molecule has 314 valence electrons. The maximum Gasteiger partial charge on any atom is 0.429 e. The number of pyridine rings is 3. The number of hydrogen-bond acceptors (Lipinski definition) is 11. The molecular weight excluding hydrogens is 770 g/mol. The number of anilines is 2. The number of carbonyl (C=O) groups excluding carboxylic acids is 2. The Hall–Kier alpha value is -5.88. The van der Waals surface area contributed by atoms with E-state index in [1.807, 2.05) is 7.05 Å². The minimum absolute atomic E-state index is 0.0238. The first-order valence-electron chi connectivity index (χ1n) is 19.2. The number of aromatic carboxylic acids is 1. The van der Waals surface area contributed by atoms with Gasteiger partial charge in [0.2, 0.25) is 5.43 Å². The first kappa shape index (κ1) is 41.3. The van der Waals surface area contributed by atoms with Gasteiger partial charge < -0.3 is 34.1 Å². The molecule has 2 saturated heterocycles. The maximum atomic E-state index is 16.4. The summed E-state index contributed by atoms with van der Waals surface area (Å²) < 4.78 is 49.8. The number of amides is 2. The van der Waals surface area contributed by atoms with Crippen molar-refractivity contribution in [2.75, 3.05) is 68.8 Å². The molecule has 0 unspecified atom stereocenters. The number of H-pyrrole nitrogens is 1. The Bertz CT molecular complexity index is 2580. The number of carboxylic acids is 1. The number of nitrogens with one attached hydrogen (secondary N) is 1. The molecule has 1 aromatic carbocycles. The van der Waals surface area contributed by atoms with E-state index >= 15 is 8.78 Å². The highest BCUT2D eigenvalue weighted by atomic mass is 19.2. The SMILES string of the molecule is COCCN(C(=O)OC(C)(C)C)n1cc(C(=O)O)c(=O)c2cc(-c3cnc4[nH]c5c(N(C)C(=O)OC(C)(C)C)cc(F)c(F)c5c4c3N3CC[C@@H]4CN(C)C[C@@H]43)cnc21. The molecule has 6 heterocycles. The number of aromatic nitrogens is 4. The molecule has 2 atom stereocenters. The second kappa shape index (κ2) is 15.1. The van der Waals surface area contributed by atoms with Crippen LogP contribution in [0.5, 0.6) is 0 Å². The van der Waals surface area contributed by atoms with E-state index in [1.54, 1.807) is 47.7 Å². The van der Waals surface area contributed by atoms with Crippen molar-refractivity contribution in [3.63, 3.8) is 0 Å². The Morgan fingerprint density at radius 1 is 1.00 bits per heavy atom. The van der Waals surface area contributed by atoms with Gasteiger partial charge in [-0.2, -0.15) is 0 Å². The molecule has 18 heteroatoms. The third-order valence-corrected chi connectivity index (χ3v) is 10.5. The molecule has 0 saturated carbocycles. The minimum Gasteiger partial charge on any atom is -0.477 e. The molecule has 16 nitrogen and oxygen atoms in total. The summed E-state index contributed by atoms with van der Waals surface area (Å²) >= 11 is 0. The minimum atomic E-state index is -1.53. The number of likely N-dealkylation sites (N-methyl/N-ethyl adjacent to an activating group) is 1. The van der Waals surface area contributed by atoms with Gasteiger partial charge in [-0.3, -0.25) is 9.69 Å². The second-order valence-electron chi connectivity index (χ2n) is 17.1. The first-order valence-corrected chi connectivity index (χ1v) is 19.2. The zero-order chi connectivity index (χ0) is 42.9. The Morgan fingerprint density at radius 3 is 2.36 bits per heavy atom. The lowest BCUT2D eigenvalue weighted by Crippen LogP contribution is -2.46. The molecule has 2 aliphatic heterocycles. The third-order valence-electron chi connectivity index (χ3n) is 10.5. The van der Waals surface area contributed by atoms with Crippen LogP contribution in [-0.2, 0) is 14.2 Å². The third kappa shape index (κ3) is 7.62. The highest BCUT2D eigenvalue weighted by molar-refractivity contribution is 6.19. The summed E-state index contributed by atoms with van der Waals surface area (Å²) in [7, 11) is 4.86. The lowest BCUT2D eigenvalue weighted by molar-refractivity contribution is 0.0521. The molecular formula is C41H48F2N8O8. The summed E-state index contributed by atoms with van der Waals surface area (Å²) in [4.78, 5) is 71.2. The van der Waals surface area contributed by atoms with E-state index in [-0.39, 0.29) is 63.8 Å². The van der Waals surface area contributed by atoms with Gasteiger partial charge in [-0.1, -0.05) is 0 Å². The molecule has 0 bridgehead atoms. The smallest absolute Gasteiger partial charge is 0.429 e. The van der Waals surface area contributed by atoms with Crippen LogP contribution in [0.2, 0.25) is 0 Å². The zero-order valence-electron chi connectivity index (χ0n) is 34.5. The quantitative estimate of drug-likeness (QED) is 0.184. The van der Waals surface area contributed by atoms with E-state index in [4.69, 9.17) is 14.2 Å². The van der Waals surface area contributed by atoms with Gasteiger partial charge in [0, 0.05) is 75.6 Å². The second-order valence-corrected chi connectivity index (χ2v) is 17.1. The number of ether oxygens (including phenoxy) is 3. The van der Waals surface area contributed by atoms with Gasteiger partial charge in [0.15, 0.2) is 17.3 Å². The molecule has 4 aromatic heterocycles. The number of methoxy groups -OCH3 is 1. The van der Waals surface area contributed by atoms with E-state index in [9.17, 15) is 24.3 Å². The Labute approximate surface area is 338 Å². The summed E-state index contributed by atoms with van der Waals surface area (Å²) in [6.07, 6.45) is 3.21. The number of carbonyl (C=O) groups is 3. The van der Waals surface area contributed by atoms with Crippen LogP contribution in [0.1, 0.15) is 58.3 Å². The molecule has 7 rings (SSSR count). The lowest BCUT2D eigenvalue weighted by Gasteiger charge is -2.30. The Kier molecular flexibility index (Phi) is 10.5. The van der Waals surface area contributed by atoms with Crippen LogP contribution in [0.15, 0.2) is 35.5 Å². The van der Waals surface area contributed by atoms with E-state index in [2.05, 4.69) is 24.8 Å². The number of carboxylic acid groups (broad SMARTS) is 1. The Morgan fingerprint density at radius 2 is 1.69 bits per heavy atom. The number of nitrogens with zero attached hydrogens (tertiary/aromatic N) is 7. The molecule has 2 amide bonds. The fraction of sp³-hybridized carbons (Fsp3) is 0.463. The van der Waals surface area contributed by atoms with Crippen LogP contribution >= 0.6 is 0 Å². The largest absolute Gasteiger partial charge is 0.477 e. The highest BCUT2D eigenvalue weighted by Gasteiger charge is 2.42. The monoisotopic (exact) mass is 818 g/mol. The lowest BCUT2D eigenvalue weighted by atomic mass is 9.99. The summed E-state index contributed by atoms with van der Waals surface area (Å²) in [5, 5.41) is 11.3.